The van der Waals surface area contributed by atoms with E-state index in [1.165, 1.54) is 12.8 Å². The third-order valence-corrected chi connectivity index (χ3v) is 6.05. The molecule has 1 saturated carbocycles. The molecule has 1 aliphatic carbocycles. The van der Waals surface area contributed by atoms with E-state index >= 15 is 0 Å². The van der Waals surface area contributed by atoms with Gasteiger partial charge < -0.3 is 19.9 Å². The quantitative estimate of drug-likeness (QED) is 0.681. The molecular weight excluding hydrogens is 392 g/mol. The molecule has 6 heteroatoms. The maximum absolute atomic E-state index is 12.8. The van der Waals surface area contributed by atoms with Crippen molar-refractivity contribution in [2.75, 3.05) is 26.8 Å². The number of nitrogens with one attached hydrogen (secondary N) is 1. The lowest BCUT2D eigenvalue weighted by atomic mass is 10.1. The molecule has 31 heavy (non-hydrogen) atoms. The molecule has 2 fully saturated rings. The van der Waals surface area contributed by atoms with Crippen LogP contribution in [0.3, 0.4) is 0 Å². The lowest BCUT2D eigenvalue weighted by Crippen LogP contribution is -2.48. The van der Waals surface area contributed by atoms with Crippen molar-refractivity contribution in [2.45, 2.75) is 44.4 Å². The fourth-order valence-corrected chi connectivity index (χ4v) is 3.98. The molecule has 1 heterocycles. The van der Waals surface area contributed by atoms with Crippen LogP contribution in [0.5, 0.6) is 11.5 Å². The number of ether oxygens (including phenoxy) is 2. The Hall–Kier alpha value is -2.57. The van der Waals surface area contributed by atoms with E-state index in [0.717, 1.165) is 43.2 Å². The highest BCUT2D eigenvalue weighted by Gasteiger charge is 2.27. The summed E-state index contributed by atoms with van der Waals surface area (Å²) in [5.74, 6) is 2.16. The standard InChI is InChI=1S/C25H32N2O4/c1-30-22-5-2-4-19(14-22)15-27-13-3-6-24(28)23(16-27)26-25(29)20-9-11-21(12-10-20)31-17-18-7-8-18/h2,4-5,9-12,14,18,23-24,28H,3,6-8,13,15-17H2,1H3,(H,26,29). The molecule has 2 aromatic rings. The number of rotatable bonds is 8. The number of likely N-dealkylation sites (tertiary alicyclic amines) is 1. The summed E-state index contributed by atoms with van der Waals surface area (Å²) in [5, 5.41) is 13.6. The van der Waals surface area contributed by atoms with E-state index in [1.54, 1.807) is 19.2 Å². The van der Waals surface area contributed by atoms with Crippen LogP contribution in [-0.2, 0) is 6.54 Å². The van der Waals surface area contributed by atoms with Crippen molar-refractivity contribution < 1.29 is 19.4 Å². The van der Waals surface area contributed by atoms with Crippen molar-refractivity contribution in [1.82, 2.24) is 10.2 Å². The first-order chi connectivity index (χ1) is 15.1. The van der Waals surface area contributed by atoms with Crippen molar-refractivity contribution in [2.24, 2.45) is 5.92 Å². The van der Waals surface area contributed by atoms with Crippen molar-refractivity contribution in [3.8, 4) is 11.5 Å². The fraction of sp³-hybridized carbons (Fsp3) is 0.480. The van der Waals surface area contributed by atoms with E-state index in [4.69, 9.17) is 9.47 Å². The van der Waals surface area contributed by atoms with Gasteiger partial charge in [0.2, 0.25) is 0 Å². The fourth-order valence-electron chi connectivity index (χ4n) is 3.98. The first-order valence-corrected chi connectivity index (χ1v) is 11.2. The summed E-state index contributed by atoms with van der Waals surface area (Å²) in [5.41, 5.74) is 1.73. The van der Waals surface area contributed by atoms with Crippen molar-refractivity contribution >= 4 is 5.91 Å². The molecule has 2 N–H and O–H groups in total. The van der Waals surface area contributed by atoms with Gasteiger partial charge in [0.05, 0.1) is 25.9 Å². The molecule has 2 atom stereocenters. The van der Waals surface area contributed by atoms with Gasteiger partial charge in [-0.15, -0.1) is 0 Å². The number of aliphatic hydroxyl groups is 1. The maximum atomic E-state index is 12.8. The largest absolute Gasteiger partial charge is 0.497 e. The highest BCUT2D eigenvalue weighted by atomic mass is 16.5. The summed E-state index contributed by atoms with van der Waals surface area (Å²) in [4.78, 5) is 15.1. The molecule has 0 bridgehead atoms. The summed E-state index contributed by atoms with van der Waals surface area (Å²) in [6, 6.07) is 15.0. The van der Waals surface area contributed by atoms with E-state index in [2.05, 4.69) is 16.3 Å². The van der Waals surface area contributed by atoms with Crippen LogP contribution in [0.15, 0.2) is 48.5 Å². The number of amides is 1. The van der Waals surface area contributed by atoms with Crippen molar-refractivity contribution in [3.63, 3.8) is 0 Å². The molecule has 4 rings (SSSR count). The van der Waals surface area contributed by atoms with Crippen LogP contribution >= 0.6 is 0 Å². The minimum atomic E-state index is -0.555. The van der Waals surface area contributed by atoms with Crippen LogP contribution in [-0.4, -0.2) is 54.9 Å². The van der Waals surface area contributed by atoms with Crippen LogP contribution in [0.25, 0.3) is 0 Å². The number of aliphatic hydroxyl groups excluding tert-OH is 1. The van der Waals surface area contributed by atoms with Crippen LogP contribution in [0.2, 0.25) is 0 Å². The Morgan fingerprint density at radius 2 is 1.94 bits per heavy atom. The van der Waals surface area contributed by atoms with E-state index in [0.29, 0.717) is 24.4 Å². The maximum Gasteiger partial charge on any atom is 0.251 e. The van der Waals surface area contributed by atoms with Gasteiger partial charge in [-0.05, 0) is 80.1 Å². The van der Waals surface area contributed by atoms with Gasteiger partial charge in [0.25, 0.3) is 5.91 Å². The summed E-state index contributed by atoms with van der Waals surface area (Å²) < 4.78 is 11.1. The summed E-state index contributed by atoms with van der Waals surface area (Å²) in [7, 11) is 1.67. The van der Waals surface area contributed by atoms with Crippen molar-refractivity contribution in [3.05, 3.63) is 59.7 Å². The number of carbonyl (C=O) groups is 1. The number of benzene rings is 2. The molecule has 1 aliphatic heterocycles. The van der Waals surface area contributed by atoms with E-state index in [-0.39, 0.29) is 11.9 Å². The molecule has 0 aromatic heterocycles. The number of hydrogen-bond donors (Lipinski definition) is 2. The van der Waals surface area contributed by atoms with Crippen LogP contribution in [0.1, 0.15) is 41.6 Å². The number of hydrogen-bond acceptors (Lipinski definition) is 5. The molecule has 0 radical (unpaired) electrons. The zero-order valence-corrected chi connectivity index (χ0v) is 18.1. The molecule has 2 aliphatic rings. The lowest BCUT2D eigenvalue weighted by Gasteiger charge is -2.27. The van der Waals surface area contributed by atoms with Gasteiger partial charge in [0.15, 0.2) is 0 Å². The minimum Gasteiger partial charge on any atom is -0.497 e. The summed E-state index contributed by atoms with van der Waals surface area (Å²) >= 11 is 0. The van der Waals surface area contributed by atoms with E-state index in [1.807, 2.05) is 30.3 Å². The van der Waals surface area contributed by atoms with Crippen molar-refractivity contribution in [1.29, 1.82) is 0 Å². The second-order valence-electron chi connectivity index (χ2n) is 8.65. The normalized spacial score (nSPS) is 21.9. The Labute approximate surface area is 184 Å². The van der Waals surface area contributed by atoms with Gasteiger partial charge in [0.1, 0.15) is 11.5 Å². The smallest absolute Gasteiger partial charge is 0.251 e. The average molecular weight is 425 g/mol. The zero-order valence-electron chi connectivity index (χ0n) is 18.1. The molecule has 6 nitrogen and oxygen atoms in total. The van der Waals surface area contributed by atoms with Gasteiger partial charge >= 0.3 is 0 Å². The Bertz CT molecular complexity index is 866. The number of nitrogens with zero attached hydrogens (tertiary/aromatic N) is 1. The lowest BCUT2D eigenvalue weighted by molar-refractivity contribution is 0.0798. The van der Waals surface area contributed by atoms with Gasteiger partial charge in [-0.1, -0.05) is 12.1 Å². The second kappa shape index (κ2) is 10.2. The summed E-state index contributed by atoms with van der Waals surface area (Å²) in [6.07, 6.45) is 3.51. The Balaban J connectivity index is 1.35. The minimum absolute atomic E-state index is 0.166. The molecule has 2 unspecified atom stereocenters. The van der Waals surface area contributed by atoms with Crippen LogP contribution in [0, 0.1) is 5.92 Å². The Kier molecular flexibility index (Phi) is 7.10. The monoisotopic (exact) mass is 424 g/mol. The zero-order chi connectivity index (χ0) is 21.6. The highest BCUT2D eigenvalue weighted by Crippen LogP contribution is 2.29. The molecule has 2 aromatic carbocycles. The molecule has 1 amide bonds. The van der Waals surface area contributed by atoms with Crippen LogP contribution in [0.4, 0.5) is 0 Å². The second-order valence-corrected chi connectivity index (χ2v) is 8.65. The van der Waals surface area contributed by atoms with Crippen LogP contribution < -0.4 is 14.8 Å². The van der Waals surface area contributed by atoms with Gasteiger partial charge in [0, 0.05) is 18.7 Å². The predicted molar refractivity (Wildman–Crippen MR) is 119 cm³/mol. The van der Waals surface area contributed by atoms with E-state index in [9.17, 15) is 9.90 Å². The molecule has 1 saturated heterocycles. The van der Waals surface area contributed by atoms with Gasteiger partial charge in [-0.3, -0.25) is 9.69 Å². The van der Waals surface area contributed by atoms with Gasteiger partial charge in [-0.2, -0.15) is 0 Å². The average Bonchev–Trinajstić information content (AvgIpc) is 3.63. The molecule has 166 valence electrons. The third kappa shape index (κ3) is 6.21. The number of carbonyl (C=O) groups excluding carboxylic acids is 1. The summed E-state index contributed by atoms with van der Waals surface area (Å²) in [6.45, 7) is 2.99. The van der Waals surface area contributed by atoms with Gasteiger partial charge in [-0.25, -0.2) is 0 Å². The number of methoxy groups -OCH3 is 1. The molecular formula is C25H32N2O4. The SMILES string of the molecule is COc1cccc(CN2CCCC(O)C(NC(=O)c3ccc(OCC4CC4)cc3)C2)c1. The Morgan fingerprint density at radius 1 is 1.13 bits per heavy atom. The third-order valence-electron chi connectivity index (χ3n) is 6.05. The molecule has 0 spiro atoms. The first-order valence-electron chi connectivity index (χ1n) is 11.2. The Morgan fingerprint density at radius 3 is 2.68 bits per heavy atom. The first kappa shape index (κ1) is 21.7. The topological polar surface area (TPSA) is 71.0 Å². The van der Waals surface area contributed by atoms with E-state index < -0.39 is 6.10 Å². The predicted octanol–water partition coefficient (Wildman–Crippen LogP) is 3.24. The highest BCUT2D eigenvalue weighted by molar-refractivity contribution is 5.94.